The average Bonchev–Trinajstić information content (AvgIpc) is 3.02. The number of thiophene rings is 1. The number of hydrogen-bond donors (Lipinski definition) is 2. The molecule has 0 bridgehead atoms. The van der Waals surface area contributed by atoms with E-state index in [2.05, 4.69) is 32.1 Å². The van der Waals surface area contributed by atoms with E-state index in [4.69, 9.17) is 0 Å². The average molecular weight is 219 g/mol. The number of imidazole rings is 1. The van der Waals surface area contributed by atoms with Crippen molar-refractivity contribution in [1.29, 1.82) is 0 Å². The maximum Gasteiger partial charge on any atom is 0.110 e. The largest absolute Gasteiger partial charge is 0.342 e. The second-order valence-corrected chi connectivity index (χ2v) is 4.66. The van der Waals surface area contributed by atoms with Crippen molar-refractivity contribution in [2.75, 3.05) is 13.1 Å². The molecular weight excluding hydrogens is 206 g/mol. The molecule has 3 nitrogen and oxygen atoms in total. The molecule has 0 amide bonds. The summed E-state index contributed by atoms with van der Waals surface area (Å²) in [6.45, 7) is 2.16. The van der Waals surface area contributed by atoms with Crippen molar-refractivity contribution in [1.82, 2.24) is 15.3 Å². The predicted molar refractivity (Wildman–Crippen MR) is 62.1 cm³/mol. The third kappa shape index (κ3) is 1.70. The van der Waals surface area contributed by atoms with Crippen molar-refractivity contribution in [3.05, 3.63) is 28.8 Å². The molecule has 1 fully saturated rings. The first-order valence-corrected chi connectivity index (χ1v) is 6.16. The van der Waals surface area contributed by atoms with Gasteiger partial charge in [0.15, 0.2) is 0 Å². The molecule has 2 aromatic rings. The first-order chi connectivity index (χ1) is 7.43. The first kappa shape index (κ1) is 9.12. The maximum atomic E-state index is 4.46. The molecule has 3 rings (SSSR count). The Morgan fingerprint density at radius 1 is 1.47 bits per heavy atom. The number of rotatable bonds is 2. The number of nitrogens with zero attached hydrogens (tertiary/aromatic N) is 1. The summed E-state index contributed by atoms with van der Waals surface area (Å²) in [6.07, 6.45) is 3.13. The fourth-order valence-electron chi connectivity index (χ4n) is 2.00. The summed E-state index contributed by atoms with van der Waals surface area (Å²) < 4.78 is 0. The van der Waals surface area contributed by atoms with Crippen LogP contribution in [0, 0.1) is 0 Å². The van der Waals surface area contributed by atoms with Gasteiger partial charge in [0.1, 0.15) is 5.82 Å². The molecular formula is C11H13N3S. The molecule has 2 N–H and O–H groups in total. The van der Waals surface area contributed by atoms with E-state index in [1.165, 1.54) is 12.0 Å². The molecule has 3 heterocycles. The first-order valence-electron chi connectivity index (χ1n) is 5.21. The van der Waals surface area contributed by atoms with Crippen LogP contribution in [0.4, 0.5) is 0 Å². The maximum absolute atomic E-state index is 4.46. The van der Waals surface area contributed by atoms with E-state index in [1.807, 2.05) is 6.20 Å². The van der Waals surface area contributed by atoms with Gasteiger partial charge >= 0.3 is 0 Å². The normalized spacial score (nSPS) is 20.9. The topological polar surface area (TPSA) is 40.7 Å². The molecule has 0 aliphatic carbocycles. The Kier molecular flexibility index (Phi) is 2.31. The highest BCUT2D eigenvalue weighted by Gasteiger charge is 2.19. The number of aromatic amines is 1. The molecule has 1 unspecified atom stereocenters. The molecule has 0 aromatic carbocycles. The Hall–Kier alpha value is -1.13. The Morgan fingerprint density at radius 2 is 2.47 bits per heavy atom. The van der Waals surface area contributed by atoms with Gasteiger partial charge in [-0.15, -0.1) is 0 Å². The fourth-order valence-corrected chi connectivity index (χ4v) is 2.65. The van der Waals surface area contributed by atoms with Crippen LogP contribution in [0.25, 0.3) is 11.3 Å². The summed E-state index contributed by atoms with van der Waals surface area (Å²) >= 11 is 1.72. The summed E-state index contributed by atoms with van der Waals surface area (Å²) in [6, 6.07) is 2.12. The number of aromatic nitrogens is 2. The van der Waals surface area contributed by atoms with Crippen molar-refractivity contribution in [3.63, 3.8) is 0 Å². The summed E-state index contributed by atoms with van der Waals surface area (Å²) in [4.78, 5) is 7.88. The highest BCUT2D eigenvalue weighted by atomic mass is 32.1. The summed E-state index contributed by atoms with van der Waals surface area (Å²) in [5.74, 6) is 1.69. The zero-order chi connectivity index (χ0) is 10.1. The van der Waals surface area contributed by atoms with E-state index in [0.717, 1.165) is 24.6 Å². The molecule has 0 spiro atoms. The van der Waals surface area contributed by atoms with E-state index < -0.39 is 0 Å². The Balaban J connectivity index is 1.87. The standard InChI is InChI=1S/C11H13N3S/c1-3-12-5-8(1)11-13-6-10(14-11)9-2-4-15-7-9/h2,4,6-8,12H,1,3,5H2,(H,13,14). The molecule has 1 aliphatic rings. The molecule has 1 aliphatic heterocycles. The van der Waals surface area contributed by atoms with E-state index in [0.29, 0.717) is 5.92 Å². The molecule has 1 atom stereocenters. The Bertz CT molecular complexity index is 426. The van der Waals surface area contributed by atoms with Crippen LogP contribution in [-0.4, -0.2) is 23.1 Å². The number of nitrogens with one attached hydrogen (secondary N) is 2. The highest BCUT2D eigenvalue weighted by Crippen LogP contribution is 2.24. The van der Waals surface area contributed by atoms with Gasteiger partial charge in [0.25, 0.3) is 0 Å². The summed E-state index contributed by atoms with van der Waals surface area (Å²) in [5.41, 5.74) is 2.38. The van der Waals surface area contributed by atoms with Gasteiger partial charge in [-0.25, -0.2) is 4.98 Å². The lowest BCUT2D eigenvalue weighted by molar-refractivity contribution is 0.715. The van der Waals surface area contributed by atoms with Gasteiger partial charge in [0.05, 0.1) is 11.9 Å². The van der Waals surface area contributed by atoms with Crippen LogP contribution >= 0.6 is 11.3 Å². The van der Waals surface area contributed by atoms with Gasteiger partial charge in [-0.1, -0.05) is 0 Å². The number of hydrogen-bond acceptors (Lipinski definition) is 3. The van der Waals surface area contributed by atoms with E-state index in [1.54, 1.807) is 11.3 Å². The van der Waals surface area contributed by atoms with Crippen molar-refractivity contribution in [2.45, 2.75) is 12.3 Å². The van der Waals surface area contributed by atoms with Crippen LogP contribution in [-0.2, 0) is 0 Å². The van der Waals surface area contributed by atoms with Gasteiger partial charge in [-0.05, 0) is 24.4 Å². The van der Waals surface area contributed by atoms with Crippen LogP contribution in [0.3, 0.4) is 0 Å². The van der Waals surface area contributed by atoms with Crippen LogP contribution in [0.2, 0.25) is 0 Å². The molecule has 1 saturated heterocycles. The lowest BCUT2D eigenvalue weighted by Crippen LogP contribution is -2.08. The minimum absolute atomic E-state index is 0.567. The smallest absolute Gasteiger partial charge is 0.110 e. The molecule has 15 heavy (non-hydrogen) atoms. The van der Waals surface area contributed by atoms with E-state index >= 15 is 0 Å². The van der Waals surface area contributed by atoms with Crippen LogP contribution in [0.5, 0.6) is 0 Å². The van der Waals surface area contributed by atoms with Crippen molar-refractivity contribution < 1.29 is 0 Å². The van der Waals surface area contributed by atoms with Gasteiger partial charge in [-0.3, -0.25) is 0 Å². The molecule has 2 aromatic heterocycles. The quantitative estimate of drug-likeness (QED) is 0.813. The second-order valence-electron chi connectivity index (χ2n) is 3.88. The monoisotopic (exact) mass is 219 g/mol. The lowest BCUT2D eigenvalue weighted by atomic mass is 10.1. The molecule has 78 valence electrons. The van der Waals surface area contributed by atoms with E-state index in [9.17, 15) is 0 Å². The van der Waals surface area contributed by atoms with Crippen LogP contribution < -0.4 is 5.32 Å². The van der Waals surface area contributed by atoms with Gasteiger partial charge in [-0.2, -0.15) is 11.3 Å². The van der Waals surface area contributed by atoms with Crippen molar-refractivity contribution in [2.24, 2.45) is 0 Å². The van der Waals surface area contributed by atoms with Crippen molar-refractivity contribution >= 4 is 11.3 Å². The molecule has 4 heteroatoms. The van der Waals surface area contributed by atoms with Gasteiger partial charge in [0, 0.05) is 23.4 Å². The molecule has 0 radical (unpaired) electrons. The summed E-state index contributed by atoms with van der Waals surface area (Å²) in [7, 11) is 0. The van der Waals surface area contributed by atoms with Crippen molar-refractivity contribution in [3.8, 4) is 11.3 Å². The highest BCUT2D eigenvalue weighted by molar-refractivity contribution is 7.08. The Morgan fingerprint density at radius 3 is 3.20 bits per heavy atom. The third-order valence-electron chi connectivity index (χ3n) is 2.87. The van der Waals surface area contributed by atoms with Crippen LogP contribution in [0.15, 0.2) is 23.0 Å². The molecule has 0 saturated carbocycles. The van der Waals surface area contributed by atoms with Crippen LogP contribution in [0.1, 0.15) is 18.2 Å². The zero-order valence-corrected chi connectivity index (χ0v) is 9.18. The second kappa shape index (κ2) is 3.79. The SMILES string of the molecule is c1cc(-c2cnc(C3CCNC3)[nH]2)cs1. The Labute approximate surface area is 92.6 Å². The minimum Gasteiger partial charge on any atom is -0.342 e. The van der Waals surface area contributed by atoms with Gasteiger partial charge in [0.2, 0.25) is 0 Å². The lowest BCUT2D eigenvalue weighted by Gasteiger charge is -2.02. The van der Waals surface area contributed by atoms with E-state index in [-0.39, 0.29) is 0 Å². The van der Waals surface area contributed by atoms with Gasteiger partial charge < -0.3 is 10.3 Å². The summed E-state index contributed by atoms with van der Waals surface area (Å²) in [5, 5.41) is 7.59. The number of H-pyrrole nitrogens is 1. The zero-order valence-electron chi connectivity index (χ0n) is 8.36. The minimum atomic E-state index is 0.567. The fraction of sp³-hybridized carbons (Fsp3) is 0.364. The predicted octanol–water partition coefficient (Wildman–Crippen LogP) is 2.22. The third-order valence-corrected chi connectivity index (χ3v) is 3.56.